The van der Waals surface area contributed by atoms with Gasteiger partial charge in [0.2, 0.25) is 0 Å². The van der Waals surface area contributed by atoms with Crippen molar-refractivity contribution in [1.82, 2.24) is 4.98 Å². The van der Waals surface area contributed by atoms with E-state index in [0.29, 0.717) is 10.0 Å². The molecule has 1 heterocycles. The van der Waals surface area contributed by atoms with Gasteiger partial charge in [0.1, 0.15) is 0 Å². The SMILES string of the molecule is Clc1ccc(C=Nc2c(-c3ccc(Cl)cc3)[nH]c3ccccc23)cc1. The summed E-state index contributed by atoms with van der Waals surface area (Å²) in [5.74, 6) is 0. The minimum atomic E-state index is 0.714. The highest BCUT2D eigenvalue weighted by atomic mass is 35.5. The lowest BCUT2D eigenvalue weighted by molar-refractivity contribution is 1.43. The first-order valence-electron chi connectivity index (χ1n) is 7.87. The predicted molar refractivity (Wildman–Crippen MR) is 107 cm³/mol. The summed E-state index contributed by atoms with van der Waals surface area (Å²) in [5, 5.41) is 2.51. The topological polar surface area (TPSA) is 28.1 Å². The Bertz CT molecular complexity index is 1050. The maximum atomic E-state index is 6.02. The third-order valence-electron chi connectivity index (χ3n) is 4.02. The highest BCUT2D eigenvalue weighted by molar-refractivity contribution is 6.31. The summed E-state index contributed by atoms with van der Waals surface area (Å²) >= 11 is 12.0. The molecule has 0 spiro atoms. The quantitative estimate of drug-likeness (QED) is 0.383. The number of nitrogens with one attached hydrogen (secondary N) is 1. The first-order valence-corrected chi connectivity index (χ1v) is 8.62. The summed E-state index contributed by atoms with van der Waals surface area (Å²) in [6, 6.07) is 23.5. The largest absolute Gasteiger partial charge is 0.353 e. The minimum absolute atomic E-state index is 0.714. The normalized spacial score (nSPS) is 11.4. The molecule has 4 heteroatoms. The van der Waals surface area contributed by atoms with Crippen molar-refractivity contribution < 1.29 is 0 Å². The molecule has 25 heavy (non-hydrogen) atoms. The molecular formula is C21H14Cl2N2. The fourth-order valence-electron chi connectivity index (χ4n) is 2.77. The number of halogens is 2. The van der Waals surface area contributed by atoms with Crippen molar-refractivity contribution in [2.75, 3.05) is 0 Å². The van der Waals surface area contributed by atoms with Gasteiger partial charge in [-0.3, -0.25) is 4.99 Å². The number of fused-ring (bicyclic) bond motifs is 1. The Morgan fingerprint density at radius 1 is 0.760 bits per heavy atom. The molecule has 0 fully saturated rings. The van der Waals surface area contributed by atoms with Crippen LogP contribution in [0.25, 0.3) is 22.2 Å². The van der Waals surface area contributed by atoms with E-state index in [-0.39, 0.29) is 0 Å². The molecule has 4 rings (SSSR count). The van der Waals surface area contributed by atoms with Crippen molar-refractivity contribution >= 4 is 46.0 Å². The van der Waals surface area contributed by atoms with Crippen LogP contribution in [-0.2, 0) is 0 Å². The van der Waals surface area contributed by atoms with Gasteiger partial charge < -0.3 is 4.98 Å². The fraction of sp³-hybridized carbons (Fsp3) is 0. The van der Waals surface area contributed by atoms with E-state index >= 15 is 0 Å². The zero-order valence-corrected chi connectivity index (χ0v) is 14.7. The molecule has 0 aliphatic rings. The van der Waals surface area contributed by atoms with E-state index < -0.39 is 0 Å². The van der Waals surface area contributed by atoms with Gasteiger partial charge >= 0.3 is 0 Å². The zero-order chi connectivity index (χ0) is 17.2. The molecular weight excluding hydrogens is 351 g/mol. The van der Waals surface area contributed by atoms with Crippen LogP contribution >= 0.6 is 23.2 Å². The molecule has 0 bridgehead atoms. The van der Waals surface area contributed by atoms with Gasteiger partial charge in [-0.1, -0.05) is 65.7 Å². The molecule has 4 aromatic rings. The monoisotopic (exact) mass is 364 g/mol. The van der Waals surface area contributed by atoms with Gasteiger partial charge in [-0.05, 0) is 35.9 Å². The average Bonchev–Trinajstić information content (AvgIpc) is 3.00. The lowest BCUT2D eigenvalue weighted by Gasteiger charge is -2.01. The summed E-state index contributed by atoms with van der Waals surface area (Å²) in [4.78, 5) is 8.23. The second-order valence-corrected chi connectivity index (χ2v) is 6.58. The van der Waals surface area contributed by atoms with Crippen LogP contribution in [0, 0.1) is 0 Å². The van der Waals surface area contributed by atoms with Gasteiger partial charge in [0.05, 0.1) is 11.4 Å². The summed E-state index contributed by atoms with van der Waals surface area (Å²) in [6.07, 6.45) is 1.85. The zero-order valence-electron chi connectivity index (χ0n) is 13.2. The number of nitrogens with zero attached hydrogens (tertiary/aromatic N) is 1. The van der Waals surface area contributed by atoms with E-state index in [1.165, 1.54) is 0 Å². The summed E-state index contributed by atoms with van der Waals surface area (Å²) in [6.45, 7) is 0. The first kappa shape index (κ1) is 15.9. The Balaban J connectivity index is 1.84. The van der Waals surface area contributed by atoms with Crippen LogP contribution < -0.4 is 0 Å². The lowest BCUT2D eigenvalue weighted by atomic mass is 10.1. The molecule has 0 aliphatic heterocycles. The van der Waals surface area contributed by atoms with Crippen molar-refractivity contribution in [3.63, 3.8) is 0 Å². The first-order chi connectivity index (χ1) is 12.2. The van der Waals surface area contributed by atoms with Gasteiger partial charge in [-0.25, -0.2) is 0 Å². The molecule has 0 amide bonds. The molecule has 1 aromatic heterocycles. The third kappa shape index (κ3) is 3.32. The second-order valence-electron chi connectivity index (χ2n) is 5.71. The molecule has 0 unspecified atom stereocenters. The number of rotatable bonds is 3. The molecule has 0 saturated carbocycles. The van der Waals surface area contributed by atoms with E-state index in [0.717, 1.165) is 33.4 Å². The standard InChI is InChI=1S/C21H14Cl2N2/c22-16-9-5-14(6-10-16)13-24-21-18-3-1-2-4-19(18)25-20(21)15-7-11-17(23)12-8-15/h1-13,25H. The summed E-state index contributed by atoms with van der Waals surface area (Å²) in [7, 11) is 0. The van der Waals surface area contributed by atoms with Crippen molar-refractivity contribution in [3.8, 4) is 11.3 Å². The maximum Gasteiger partial charge on any atom is 0.0963 e. The number of aliphatic imine (C=N–C) groups is 1. The summed E-state index contributed by atoms with van der Waals surface area (Å²) < 4.78 is 0. The van der Waals surface area contributed by atoms with E-state index in [2.05, 4.69) is 17.1 Å². The van der Waals surface area contributed by atoms with E-state index in [1.54, 1.807) is 0 Å². The van der Waals surface area contributed by atoms with Crippen LogP contribution in [0.3, 0.4) is 0 Å². The molecule has 0 atom stereocenters. The number of aromatic nitrogens is 1. The number of aromatic amines is 1. The molecule has 3 aromatic carbocycles. The molecule has 0 saturated heterocycles. The van der Waals surface area contributed by atoms with Gasteiger partial charge in [0.25, 0.3) is 0 Å². The van der Waals surface area contributed by atoms with Gasteiger partial charge in [0, 0.05) is 32.7 Å². The Hall–Kier alpha value is -2.55. The lowest BCUT2D eigenvalue weighted by Crippen LogP contribution is -1.81. The Labute approximate surface area is 155 Å². The van der Waals surface area contributed by atoms with Crippen LogP contribution in [0.5, 0.6) is 0 Å². The predicted octanol–water partition coefficient (Wildman–Crippen LogP) is 6.89. The second kappa shape index (κ2) is 6.75. The molecule has 0 radical (unpaired) electrons. The smallest absolute Gasteiger partial charge is 0.0963 e. The van der Waals surface area contributed by atoms with Crippen LogP contribution in [-0.4, -0.2) is 11.2 Å². The van der Waals surface area contributed by atoms with Crippen molar-refractivity contribution in [2.45, 2.75) is 0 Å². The van der Waals surface area contributed by atoms with E-state index in [4.69, 9.17) is 28.2 Å². The number of benzene rings is 3. The van der Waals surface area contributed by atoms with Crippen molar-refractivity contribution in [1.29, 1.82) is 0 Å². The highest BCUT2D eigenvalue weighted by Gasteiger charge is 2.12. The molecule has 122 valence electrons. The number of H-pyrrole nitrogens is 1. The van der Waals surface area contributed by atoms with Gasteiger partial charge in [-0.15, -0.1) is 0 Å². The highest BCUT2D eigenvalue weighted by Crippen LogP contribution is 2.37. The number of para-hydroxylation sites is 1. The van der Waals surface area contributed by atoms with Crippen LogP contribution in [0.2, 0.25) is 10.0 Å². The van der Waals surface area contributed by atoms with Crippen LogP contribution in [0.1, 0.15) is 5.56 Å². The van der Waals surface area contributed by atoms with E-state index in [9.17, 15) is 0 Å². The van der Waals surface area contributed by atoms with Crippen LogP contribution in [0.15, 0.2) is 77.8 Å². The van der Waals surface area contributed by atoms with Gasteiger partial charge in [0.15, 0.2) is 0 Å². The average molecular weight is 365 g/mol. The Morgan fingerprint density at radius 3 is 2.12 bits per heavy atom. The van der Waals surface area contributed by atoms with Gasteiger partial charge in [-0.2, -0.15) is 0 Å². The van der Waals surface area contributed by atoms with Crippen molar-refractivity contribution in [2.24, 2.45) is 4.99 Å². The fourth-order valence-corrected chi connectivity index (χ4v) is 3.03. The van der Waals surface area contributed by atoms with Crippen LogP contribution in [0.4, 0.5) is 5.69 Å². The minimum Gasteiger partial charge on any atom is -0.353 e. The van der Waals surface area contributed by atoms with Crippen molar-refractivity contribution in [3.05, 3.63) is 88.4 Å². The molecule has 0 aliphatic carbocycles. The number of hydrogen-bond acceptors (Lipinski definition) is 1. The number of hydrogen-bond donors (Lipinski definition) is 1. The summed E-state index contributed by atoms with van der Waals surface area (Å²) in [5.41, 5.74) is 4.98. The Kier molecular flexibility index (Phi) is 4.31. The third-order valence-corrected chi connectivity index (χ3v) is 4.53. The molecule has 1 N–H and O–H groups in total. The maximum absolute atomic E-state index is 6.02. The van der Waals surface area contributed by atoms with E-state index in [1.807, 2.05) is 66.9 Å². The molecule has 2 nitrogen and oxygen atoms in total. The Morgan fingerprint density at radius 2 is 1.40 bits per heavy atom.